The minimum Gasteiger partial charge on any atom is -0.489 e. The van der Waals surface area contributed by atoms with Gasteiger partial charge in [0.15, 0.2) is 12.2 Å². The largest absolute Gasteiger partial charge is 0.489 e. The lowest BCUT2D eigenvalue weighted by atomic mass is 9.96. The lowest BCUT2D eigenvalue weighted by molar-refractivity contribution is -0.156. The first-order valence-electron chi connectivity index (χ1n) is 20.2. The molecule has 0 spiro atoms. The second kappa shape index (κ2) is 23.6. The van der Waals surface area contributed by atoms with Gasteiger partial charge in [-0.15, -0.1) is 47.0 Å². The van der Waals surface area contributed by atoms with Crippen molar-refractivity contribution in [2.75, 3.05) is 49.4 Å². The smallest absolute Gasteiger partial charge is 0.331 e. The number of rotatable bonds is 19. The van der Waals surface area contributed by atoms with Gasteiger partial charge >= 0.3 is 23.9 Å². The molecule has 2 saturated heterocycles. The van der Waals surface area contributed by atoms with E-state index in [-0.39, 0.29) is 47.5 Å². The van der Waals surface area contributed by atoms with Crippen LogP contribution in [0.5, 0.6) is 11.5 Å². The number of benzene rings is 4. The first-order valence-corrected chi connectivity index (χ1v) is 24.4. The van der Waals surface area contributed by atoms with Gasteiger partial charge in [-0.25, -0.2) is 19.2 Å². The van der Waals surface area contributed by atoms with Gasteiger partial charge in [-0.1, -0.05) is 60.7 Å². The number of hydrogen-bond acceptors (Lipinski definition) is 14. The maximum absolute atomic E-state index is 12.9. The van der Waals surface area contributed by atoms with Gasteiger partial charge in [-0.2, -0.15) is 0 Å². The Morgan fingerprint density at radius 2 is 0.871 bits per heavy atom. The minimum absolute atomic E-state index is 0.0221. The molecule has 0 amide bonds. The molecule has 4 aromatic carbocycles. The van der Waals surface area contributed by atoms with Crippen LogP contribution in [0.4, 0.5) is 0 Å². The lowest BCUT2D eigenvalue weighted by Crippen LogP contribution is -2.32. The molecule has 0 saturated carbocycles. The Labute approximate surface area is 380 Å². The zero-order valence-electron chi connectivity index (χ0n) is 35.1. The van der Waals surface area contributed by atoms with Gasteiger partial charge in [0.2, 0.25) is 0 Å². The average Bonchev–Trinajstić information content (AvgIpc) is 4.02. The van der Waals surface area contributed by atoms with Crippen molar-refractivity contribution in [1.82, 2.24) is 0 Å². The van der Waals surface area contributed by atoms with Crippen molar-refractivity contribution >= 4 is 83.1 Å². The topological polar surface area (TPSA) is 124 Å². The number of carbonyl (C=O) groups is 4. The first-order chi connectivity index (χ1) is 30.0. The molecule has 326 valence electrons. The summed E-state index contributed by atoms with van der Waals surface area (Å²) in [6, 6.07) is 27.0. The normalized spacial score (nSPS) is 15.4. The lowest BCUT2D eigenvalue weighted by Gasteiger charge is -2.22. The number of thioether (sulfide) groups is 4. The van der Waals surface area contributed by atoms with Gasteiger partial charge in [0.25, 0.3) is 0 Å². The number of carbonyl (C=O) groups excluding carboxylic acids is 4. The number of ether oxygens (including phenoxy) is 6. The highest BCUT2D eigenvalue weighted by Crippen LogP contribution is 2.36. The maximum Gasteiger partial charge on any atom is 0.331 e. The molecule has 0 aromatic heterocycles. The van der Waals surface area contributed by atoms with E-state index in [1.54, 1.807) is 59.2 Å². The van der Waals surface area contributed by atoms with Crippen molar-refractivity contribution in [3.05, 3.63) is 130 Å². The number of aryl methyl sites for hydroxylation is 4. The quantitative estimate of drug-likeness (QED) is 0.0504. The Morgan fingerprint density at radius 1 is 0.532 bits per heavy atom. The fourth-order valence-corrected chi connectivity index (χ4v) is 11.8. The first kappa shape index (κ1) is 46.7. The standard InChI is InChI=1S/C48H50O10S4/c1-31-23-37(24-32(2)43(31)53-27-39(29-55-45(51)47-59-19-20-60-47)57-41(49)17-15-35-11-7-5-8-12-35)38-25-33(3)44(34(4)26-38)54-28-40(30-56-46(52)48-61-21-22-62-48)58-42(50)18-16-36-13-9-6-10-14-36/h5-18,23-26,39-40,47-48H,19-22,27-30H2,1-4H3. The molecule has 2 heterocycles. The Bertz CT molecular complexity index is 2010. The van der Waals surface area contributed by atoms with E-state index in [4.69, 9.17) is 28.4 Å². The molecule has 0 bridgehead atoms. The van der Waals surface area contributed by atoms with E-state index >= 15 is 0 Å². The molecule has 2 fully saturated rings. The van der Waals surface area contributed by atoms with Gasteiger partial charge in [-0.3, -0.25) is 0 Å². The molecule has 0 aliphatic carbocycles. The molecule has 6 rings (SSSR count). The van der Waals surface area contributed by atoms with Crippen LogP contribution in [0.25, 0.3) is 23.3 Å². The van der Waals surface area contributed by atoms with Crippen LogP contribution in [0.15, 0.2) is 97.1 Å². The summed E-state index contributed by atoms with van der Waals surface area (Å²) in [5.41, 5.74) is 7.11. The van der Waals surface area contributed by atoms with Gasteiger partial charge in [0.1, 0.15) is 47.1 Å². The predicted molar refractivity (Wildman–Crippen MR) is 252 cm³/mol. The van der Waals surface area contributed by atoms with Crippen molar-refractivity contribution in [2.45, 2.75) is 49.1 Å². The molecule has 2 atom stereocenters. The van der Waals surface area contributed by atoms with Crippen LogP contribution in [0.2, 0.25) is 0 Å². The highest BCUT2D eigenvalue weighted by atomic mass is 32.2. The fraction of sp³-hybridized carbons (Fsp3) is 0.333. The second-order valence-corrected chi connectivity index (χ2v) is 20.0. The van der Waals surface area contributed by atoms with E-state index in [1.165, 1.54) is 12.2 Å². The third-order valence-corrected chi connectivity index (χ3v) is 15.4. The van der Waals surface area contributed by atoms with Crippen LogP contribution in [0.1, 0.15) is 33.4 Å². The van der Waals surface area contributed by atoms with E-state index in [0.717, 1.165) is 67.5 Å². The zero-order chi connectivity index (χ0) is 43.8. The maximum atomic E-state index is 12.9. The van der Waals surface area contributed by atoms with E-state index in [9.17, 15) is 19.2 Å². The highest BCUT2D eigenvalue weighted by Gasteiger charge is 2.29. The summed E-state index contributed by atoms with van der Waals surface area (Å²) >= 11 is 6.19. The summed E-state index contributed by atoms with van der Waals surface area (Å²) in [6.45, 7) is 7.50. The van der Waals surface area contributed by atoms with Gasteiger partial charge in [0, 0.05) is 35.2 Å². The van der Waals surface area contributed by atoms with Crippen LogP contribution in [-0.2, 0) is 38.1 Å². The monoisotopic (exact) mass is 914 g/mol. The SMILES string of the molecule is Cc1cc(-c2cc(C)c(OCC(COC(=O)C3SCCS3)OC(=O)C=Cc3ccccc3)c(C)c2)cc(C)c1OCC(COC(=O)C1SCCS1)OC(=O)C=Cc1ccccc1. The van der Waals surface area contributed by atoms with Gasteiger partial charge in [0.05, 0.1) is 0 Å². The molecule has 4 aromatic rings. The van der Waals surface area contributed by atoms with Crippen molar-refractivity contribution < 1.29 is 47.6 Å². The minimum atomic E-state index is -0.842. The van der Waals surface area contributed by atoms with E-state index in [1.807, 2.05) is 113 Å². The molecule has 2 unspecified atom stereocenters. The van der Waals surface area contributed by atoms with Crippen LogP contribution >= 0.6 is 47.0 Å². The van der Waals surface area contributed by atoms with Crippen LogP contribution in [0.3, 0.4) is 0 Å². The summed E-state index contributed by atoms with van der Waals surface area (Å²) in [5.74, 6) is 2.99. The van der Waals surface area contributed by atoms with Gasteiger partial charge in [-0.05, 0) is 109 Å². The zero-order valence-corrected chi connectivity index (χ0v) is 38.3. The molecule has 62 heavy (non-hydrogen) atoms. The number of hydrogen-bond donors (Lipinski definition) is 0. The van der Waals surface area contributed by atoms with E-state index in [2.05, 4.69) is 0 Å². The van der Waals surface area contributed by atoms with Crippen LogP contribution < -0.4 is 9.47 Å². The third kappa shape index (κ3) is 14.1. The van der Waals surface area contributed by atoms with Crippen molar-refractivity contribution in [3.63, 3.8) is 0 Å². The molecule has 0 radical (unpaired) electrons. The summed E-state index contributed by atoms with van der Waals surface area (Å²) < 4.78 is 34.7. The molecule has 0 N–H and O–H groups in total. The Kier molecular flexibility index (Phi) is 17.8. The van der Waals surface area contributed by atoms with Crippen LogP contribution in [0, 0.1) is 27.7 Å². The summed E-state index contributed by atoms with van der Waals surface area (Å²) in [6.07, 6.45) is 4.36. The van der Waals surface area contributed by atoms with Crippen LogP contribution in [-0.4, -0.2) is 94.7 Å². The fourth-order valence-electron chi connectivity index (χ4n) is 6.61. The molecule has 10 nitrogen and oxygen atoms in total. The average molecular weight is 915 g/mol. The Morgan fingerprint density at radius 3 is 1.21 bits per heavy atom. The molecular weight excluding hydrogens is 865 g/mol. The number of esters is 4. The summed E-state index contributed by atoms with van der Waals surface area (Å²) in [7, 11) is 0. The summed E-state index contributed by atoms with van der Waals surface area (Å²) in [5, 5.41) is 0. The van der Waals surface area contributed by atoms with E-state index in [0.29, 0.717) is 11.5 Å². The molecule has 14 heteroatoms. The van der Waals surface area contributed by atoms with E-state index < -0.39 is 24.1 Å². The van der Waals surface area contributed by atoms with Crippen molar-refractivity contribution in [1.29, 1.82) is 0 Å². The van der Waals surface area contributed by atoms with Crippen molar-refractivity contribution in [3.8, 4) is 22.6 Å². The Hall–Kier alpha value is -4.76. The predicted octanol–water partition coefficient (Wildman–Crippen LogP) is 9.29. The summed E-state index contributed by atoms with van der Waals surface area (Å²) in [4.78, 5) is 51.2. The molecule has 2 aliphatic heterocycles. The second-order valence-electron chi connectivity index (χ2n) is 14.5. The third-order valence-electron chi connectivity index (χ3n) is 9.52. The van der Waals surface area contributed by atoms with Gasteiger partial charge < -0.3 is 28.4 Å². The molecular formula is C48H50O10S4. The highest BCUT2D eigenvalue weighted by molar-refractivity contribution is 8.21. The van der Waals surface area contributed by atoms with Crippen molar-refractivity contribution in [2.24, 2.45) is 0 Å². The molecule has 2 aliphatic rings. The Balaban J connectivity index is 1.11.